The van der Waals surface area contributed by atoms with Crippen LogP contribution in [0, 0.1) is 0 Å². The molecule has 23 heavy (non-hydrogen) atoms. The van der Waals surface area contributed by atoms with Gasteiger partial charge in [0.05, 0.1) is 17.7 Å². The van der Waals surface area contributed by atoms with E-state index >= 15 is 0 Å². The lowest BCUT2D eigenvalue weighted by molar-refractivity contribution is -0.137. The summed E-state index contributed by atoms with van der Waals surface area (Å²) in [5.41, 5.74) is 3.21. The van der Waals surface area contributed by atoms with Crippen molar-refractivity contribution < 1.29 is 22.8 Å². The second-order valence-electron chi connectivity index (χ2n) is 5.36. The Kier molecular flexibility index (Phi) is 7.53. The molecule has 0 unspecified atom stereocenters. The highest BCUT2D eigenvalue weighted by Gasteiger charge is 2.34. The number of nitrogens with two attached hydrogens (primary N) is 1. The maximum atomic E-state index is 12.8. The first-order chi connectivity index (χ1) is 10.1. The predicted octanol–water partition coefficient (Wildman–Crippen LogP) is 1.71. The van der Waals surface area contributed by atoms with Gasteiger partial charge < -0.3 is 16.4 Å². The highest BCUT2D eigenvalue weighted by Crippen LogP contribution is 2.31. The van der Waals surface area contributed by atoms with Crippen LogP contribution in [0.5, 0.6) is 0 Å². The number of amides is 2. The Morgan fingerprint density at radius 3 is 2.26 bits per heavy atom. The summed E-state index contributed by atoms with van der Waals surface area (Å²) in [6, 6.07) is 4.38. The number of halogens is 4. The molecule has 2 amide bonds. The van der Waals surface area contributed by atoms with Crippen LogP contribution in [0.3, 0.4) is 0 Å². The minimum atomic E-state index is -4.64. The Balaban J connectivity index is 0.00000484. The first-order valence-corrected chi connectivity index (χ1v) is 6.52. The van der Waals surface area contributed by atoms with Crippen LogP contribution in [0.4, 0.5) is 13.2 Å². The minimum absolute atomic E-state index is 0. The van der Waals surface area contributed by atoms with Crippen molar-refractivity contribution in [3.05, 3.63) is 35.4 Å². The van der Waals surface area contributed by atoms with Crippen LogP contribution < -0.4 is 16.4 Å². The third kappa shape index (κ3) is 6.45. The second kappa shape index (κ2) is 8.16. The van der Waals surface area contributed by atoms with Gasteiger partial charge in [0, 0.05) is 12.1 Å². The smallest absolute Gasteiger partial charge is 0.348 e. The van der Waals surface area contributed by atoms with E-state index < -0.39 is 41.2 Å². The maximum absolute atomic E-state index is 12.8. The molecule has 0 atom stereocenters. The topological polar surface area (TPSA) is 84.2 Å². The zero-order valence-corrected chi connectivity index (χ0v) is 13.5. The van der Waals surface area contributed by atoms with Crippen molar-refractivity contribution in [2.45, 2.75) is 25.6 Å². The Labute approximate surface area is 138 Å². The highest BCUT2D eigenvalue weighted by molar-refractivity contribution is 5.97. The van der Waals surface area contributed by atoms with Crippen LogP contribution in [0.25, 0.3) is 0 Å². The summed E-state index contributed by atoms with van der Waals surface area (Å²) < 4.78 is 38.4. The van der Waals surface area contributed by atoms with Crippen LogP contribution in [0.1, 0.15) is 29.8 Å². The molecule has 0 aliphatic heterocycles. The maximum Gasteiger partial charge on any atom is 0.417 e. The number of rotatable bonds is 5. The minimum Gasteiger partial charge on any atom is -0.348 e. The number of hydrogen-bond acceptors (Lipinski definition) is 3. The molecule has 1 aromatic rings. The average Bonchev–Trinajstić information content (AvgIpc) is 2.43. The zero-order chi connectivity index (χ0) is 17.0. The SMILES string of the molecule is CC(C)(CN)NC(=O)CNC(=O)c1ccccc1C(F)(F)F.Cl. The number of alkyl halides is 3. The first kappa shape index (κ1) is 21.2. The van der Waals surface area contributed by atoms with Crippen molar-refractivity contribution in [1.82, 2.24) is 10.6 Å². The zero-order valence-electron chi connectivity index (χ0n) is 12.7. The summed E-state index contributed by atoms with van der Waals surface area (Å²) in [5, 5.41) is 4.72. The molecule has 1 rings (SSSR count). The molecular formula is C14H19ClF3N3O2. The van der Waals surface area contributed by atoms with E-state index in [2.05, 4.69) is 10.6 Å². The lowest BCUT2D eigenvalue weighted by Crippen LogP contribution is -2.51. The number of carbonyl (C=O) groups excluding carboxylic acids is 2. The Morgan fingerprint density at radius 2 is 1.74 bits per heavy atom. The summed E-state index contributed by atoms with van der Waals surface area (Å²) in [5.74, 6) is -1.50. The van der Waals surface area contributed by atoms with E-state index in [4.69, 9.17) is 5.73 Å². The van der Waals surface area contributed by atoms with Crippen molar-refractivity contribution in [2.75, 3.05) is 13.1 Å². The van der Waals surface area contributed by atoms with Crippen molar-refractivity contribution in [2.24, 2.45) is 5.73 Å². The molecule has 0 radical (unpaired) electrons. The fourth-order valence-corrected chi connectivity index (χ4v) is 1.66. The molecule has 4 N–H and O–H groups in total. The number of carbonyl (C=O) groups is 2. The molecule has 0 aliphatic carbocycles. The van der Waals surface area contributed by atoms with Crippen LogP contribution >= 0.6 is 12.4 Å². The van der Waals surface area contributed by atoms with E-state index in [1.54, 1.807) is 13.8 Å². The monoisotopic (exact) mass is 353 g/mol. The van der Waals surface area contributed by atoms with Crippen LogP contribution in [-0.2, 0) is 11.0 Å². The molecule has 0 aliphatic rings. The molecule has 9 heteroatoms. The standard InChI is InChI=1S/C14H18F3N3O2.ClH/c1-13(2,8-18)20-11(21)7-19-12(22)9-5-3-4-6-10(9)14(15,16)17;/h3-6H,7-8,18H2,1-2H3,(H,19,22)(H,20,21);1H. The molecule has 0 saturated heterocycles. The molecule has 0 fully saturated rings. The van der Waals surface area contributed by atoms with E-state index in [9.17, 15) is 22.8 Å². The van der Waals surface area contributed by atoms with Gasteiger partial charge in [-0.15, -0.1) is 12.4 Å². The van der Waals surface area contributed by atoms with Crippen molar-refractivity contribution >= 4 is 24.2 Å². The summed E-state index contributed by atoms with van der Waals surface area (Å²) in [6.07, 6.45) is -4.64. The van der Waals surface area contributed by atoms with Gasteiger partial charge in [0.1, 0.15) is 0 Å². The van der Waals surface area contributed by atoms with E-state index in [-0.39, 0.29) is 19.0 Å². The third-order valence-electron chi connectivity index (χ3n) is 2.87. The molecule has 0 spiro atoms. The van der Waals surface area contributed by atoms with Gasteiger partial charge in [0.15, 0.2) is 0 Å². The lowest BCUT2D eigenvalue weighted by atomic mass is 10.1. The average molecular weight is 354 g/mol. The van der Waals surface area contributed by atoms with Crippen LogP contribution in [0.2, 0.25) is 0 Å². The summed E-state index contributed by atoms with van der Waals surface area (Å²) in [7, 11) is 0. The number of benzene rings is 1. The van der Waals surface area contributed by atoms with Crippen LogP contribution in [0.15, 0.2) is 24.3 Å². The van der Waals surface area contributed by atoms with Gasteiger partial charge in [-0.25, -0.2) is 0 Å². The summed E-state index contributed by atoms with van der Waals surface area (Å²) in [6.45, 7) is 3.12. The van der Waals surface area contributed by atoms with E-state index in [1.807, 2.05) is 0 Å². The quantitative estimate of drug-likeness (QED) is 0.753. The molecule has 130 valence electrons. The molecule has 0 bridgehead atoms. The van der Waals surface area contributed by atoms with Gasteiger partial charge in [-0.05, 0) is 26.0 Å². The van der Waals surface area contributed by atoms with E-state index in [1.165, 1.54) is 12.1 Å². The van der Waals surface area contributed by atoms with E-state index in [0.29, 0.717) is 0 Å². The fourth-order valence-electron chi connectivity index (χ4n) is 1.66. The second-order valence-corrected chi connectivity index (χ2v) is 5.36. The molecule has 1 aromatic carbocycles. The van der Waals surface area contributed by atoms with Gasteiger partial charge in [0.2, 0.25) is 5.91 Å². The van der Waals surface area contributed by atoms with Gasteiger partial charge in [-0.3, -0.25) is 9.59 Å². The van der Waals surface area contributed by atoms with Gasteiger partial charge >= 0.3 is 6.18 Å². The first-order valence-electron chi connectivity index (χ1n) is 6.52. The van der Waals surface area contributed by atoms with Gasteiger partial charge in [-0.2, -0.15) is 13.2 Å². The highest BCUT2D eigenvalue weighted by atomic mass is 35.5. The predicted molar refractivity (Wildman–Crippen MR) is 82.3 cm³/mol. The molecule has 0 aromatic heterocycles. The normalized spacial score (nSPS) is 11.4. The Bertz CT molecular complexity index is 562. The third-order valence-corrected chi connectivity index (χ3v) is 2.87. The van der Waals surface area contributed by atoms with Crippen LogP contribution in [-0.4, -0.2) is 30.4 Å². The lowest BCUT2D eigenvalue weighted by Gasteiger charge is -2.24. The van der Waals surface area contributed by atoms with Crippen molar-refractivity contribution in [3.63, 3.8) is 0 Å². The summed E-state index contributed by atoms with van der Waals surface area (Å²) >= 11 is 0. The number of nitrogens with one attached hydrogen (secondary N) is 2. The fraction of sp³-hybridized carbons (Fsp3) is 0.429. The molecular weight excluding hydrogens is 335 g/mol. The molecule has 5 nitrogen and oxygen atoms in total. The van der Waals surface area contributed by atoms with Gasteiger partial charge in [-0.1, -0.05) is 12.1 Å². The van der Waals surface area contributed by atoms with Crippen molar-refractivity contribution in [1.29, 1.82) is 0 Å². The molecule has 0 heterocycles. The molecule has 0 saturated carbocycles. The summed E-state index contributed by atoms with van der Waals surface area (Å²) in [4.78, 5) is 23.5. The van der Waals surface area contributed by atoms with E-state index in [0.717, 1.165) is 12.1 Å². The van der Waals surface area contributed by atoms with Crippen molar-refractivity contribution in [3.8, 4) is 0 Å². The van der Waals surface area contributed by atoms with Gasteiger partial charge in [0.25, 0.3) is 5.91 Å². The Hall–Kier alpha value is -1.80. The largest absolute Gasteiger partial charge is 0.417 e. The number of hydrogen-bond donors (Lipinski definition) is 3. The Morgan fingerprint density at radius 1 is 1.17 bits per heavy atom.